The van der Waals surface area contributed by atoms with Crippen molar-refractivity contribution in [3.05, 3.63) is 218 Å². The third-order valence-corrected chi connectivity index (χ3v) is 12.0. The summed E-state index contributed by atoms with van der Waals surface area (Å²) in [7, 11) is 0. The highest BCUT2D eigenvalue weighted by Gasteiger charge is 2.22. The van der Waals surface area contributed by atoms with E-state index < -0.39 is 0 Å². The zero-order chi connectivity index (χ0) is 38.9. The molecule has 0 aliphatic heterocycles. The van der Waals surface area contributed by atoms with Gasteiger partial charge >= 0.3 is 0 Å². The Morgan fingerprint density at radius 3 is 1.71 bits per heavy atom. The summed E-state index contributed by atoms with van der Waals surface area (Å²) in [6.45, 7) is 0. The van der Waals surface area contributed by atoms with Crippen LogP contribution in [0, 0.1) is 0 Å². The van der Waals surface area contributed by atoms with Gasteiger partial charge in [-0.3, -0.25) is 0 Å². The van der Waals surface area contributed by atoms with Gasteiger partial charge in [0.1, 0.15) is 11.2 Å². The van der Waals surface area contributed by atoms with Crippen molar-refractivity contribution >= 4 is 82.4 Å². The average Bonchev–Trinajstić information content (AvgIpc) is 3.86. The molecule has 0 atom stereocenters. The summed E-state index contributed by atoms with van der Waals surface area (Å²) in [5.74, 6) is 0. The second kappa shape index (κ2) is 13.4. The molecule has 2 aromatic heterocycles. The molecular formula is C56H36N2O. The van der Waals surface area contributed by atoms with E-state index in [0.717, 1.165) is 61.2 Å². The first-order chi connectivity index (χ1) is 29.3. The van der Waals surface area contributed by atoms with Gasteiger partial charge in [0.15, 0.2) is 0 Å². The quantitative estimate of drug-likeness (QED) is 0.169. The molecule has 0 fully saturated rings. The zero-order valence-electron chi connectivity index (χ0n) is 32.1. The largest absolute Gasteiger partial charge is 0.455 e. The maximum Gasteiger partial charge on any atom is 0.143 e. The van der Waals surface area contributed by atoms with Gasteiger partial charge in [0.2, 0.25) is 0 Å². The smallest absolute Gasteiger partial charge is 0.143 e. The first-order valence-corrected chi connectivity index (χ1v) is 20.2. The van der Waals surface area contributed by atoms with Crippen molar-refractivity contribution in [2.45, 2.75) is 0 Å². The Morgan fingerprint density at radius 1 is 0.373 bits per heavy atom. The summed E-state index contributed by atoms with van der Waals surface area (Å²) in [6.07, 6.45) is 0. The van der Waals surface area contributed by atoms with Crippen LogP contribution in [0.3, 0.4) is 0 Å². The molecule has 12 aromatic rings. The highest BCUT2D eigenvalue weighted by atomic mass is 16.3. The van der Waals surface area contributed by atoms with Gasteiger partial charge in [-0.1, -0.05) is 146 Å². The summed E-state index contributed by atoms with van der Waals surface area (Å²) in [4.78, 5) is 2.39. The van der Waals surface area contributed by atoms with Crippen molar-refractivity contribution in [2.24, 2.45) is 0 Å². The number of benzene rings is 10. The first kappa shape index (κ1) is 33.3. The number of rotatable bonds is 6. The molecular weight excluding hydrogens is 717 g/mol. The third-order valence-electron chi connectivity index (χ3n) is 12.0. The molecule has 2 heterocycles. The van der Waals surface area contributed by atoms with Crippen LogP contribution in [0.15, 0.2) is 223 Å². The molecule has 3 heteroatoms. The Labute approximate surface area is 341 Å². The van der Waals surface area contributed by atoms with Gasteiger partial charge in [0, 0.05) is 49.6 Å². The van der Waals surface area contributed by atoms with Crippen molar-refractivity contribution in [2.75, 3.05) is 4.90 Å². The molecule has 0 aliphatic carbocycles. The van der Waals surface area contributed by atoms with Gasteiger partial charge in [-0.25, -0.2) is 0 Å². The molecule has 12 rings (SSSR count). The van der Waals surface area contributed by atoms with E-state index >= 15 is 0 Å². The van der Waals surface area contributed by atoms with Crippen LogP contribution in [0.1, 0.15) is 0 Å². The molecule has 59 heavy (non-hydrogen) atoms. The van der Waals surface area contributed by atoms with Gasteiger partial charge in [-0.2, -0.15) is 0 Å². The number of anilines is 3. The number of hydrogen-bond acceptors (Lipinski definition) is 2. The summed E-state index contributed by atoms with van der Waals surface area (Å²) >= 11 is 0. The van der Waals surface area contributed by atoms with Crippen LogP contribution in [0.25, 0.3) is 93.2 Å². The van der Waals surface area contributed by atoms with Crippen molar-refractivity contribution < 1.29 is 4.42 Å². The van der Waals surface area contributed by atoms with Crippen LogP contribution in [0.4, 0.5) is 17.1 Å². The SMILES string of the molecule is c1ccc(N(c2ccc(-c3ccc4ccccc4c3)cc2)c2ccc(-n3c4ccccc4c4ccccc43)cc2)c(-c2cccc3oc4c5ccccc5ccc4c23)c1. The molecule has 0 amide bonds. The predicted octanol–water partition coefficient (Wildman–Crippen LogP) is 15.8. The minimum atomic E-state index is 0.880. The summed E-state index contributed by atoms with van der Waals surface area (Å²) in [6, 6.07) is 78.7. The van der Waals surface area contributed by atoms with Gasteiger partial charge in [-0.05, 0) is 106 Å². The Bertz CT molecular complexity index is 3500. The molecule has 0 N–H and O–H groups in total. The van der Waals surface area contributed by atoms with Gasteiger partial charge in [0.05, 0.1) is 16.7 Å². The van der Waals surface area contributed by atoms with Crippen LogP contribution in [-0.2, 0) is 0 Å². The maximum atomic E-state index is 6.67. The van der Waals surface area contributed by atoms with Crippen LogP contribution in [0.2, 0.25) is 0 Å². The Balaban J connectivity index is 1.04. The fourth-order valence-electron chi connectivity index (χ4n) is 9.23. The molecule has 0 spiro atoms. The minimum Gasteiger partial charge on any atom is -0.455 e. The number of furan rings is 1. The number of nitrogens with zero attached hydrogens (tertiary/aromatic N) is 2. The molecule has 10 aromatic carbocycles. The fraction of sp³-hybridized carbons (Fsp3) is 0. The van der Waals surface area contributed by atoms with Gasteiger partial charge in [-0.15, -0.1) is 0 Å². The number of hydrogen-bond donors (Lipinski definition) is 0. The summed E-state index contributed by atoms with van der Waals surface area (Å²) in [5, 5.41) is 9.52. The van der Waals surface area contributed by atoms with Crippen molar-refractivity contribution in [3.63, 3.8) is 0 Å². The predicted molar refractivity (Wildman–Crippen MR) is 249 cm³/mol. The van der Waals surface area contributed by atoms with E-state index in [-0.39, 0.29) is 0 Å². The number of para-hydroxylation sites is 3. The standard InChI is InChI=1S/C56H36N2O/c1-2-14-40-36-41(25-24-37(40)12-1)38-26-29-42(30-27-38)57(43-31-33-44(34-32-43)58-52-21-9-5-16-46(52)47-17-6-10-22-53(47)58)51-20-8-7-18-48(51)49-19-11-23-54-55(49)50-35-28-39-13-3-4-15-45(39)56(50)59-54/h1-36H. The van der Waals surface area contributed by atoms with E-state index in [2.05, 4.69) is 228 Å². The van der Waals surface area contributed by atoms with Crippen LogP contribution in [0.5, 0.6) is 0 Å². The molecule has 276 valence electrons. The average molecular weight is 753 g/mol. The molecule has 0 radical (unpaired) electrons. The Hall–Kier alpha value is -7.88. The minimum absolute atomic E-state index is 0.880. The zero-order valence-corrected chi connectivity index (χ0v) is 32.1. The lowest BCUT2D eigenvalue weighted by atomic mass is 9.96. The van der Waals surface area contributed by atoms with Crippen LogP contribution >= 0.6 is 0 Å². The monoisotopic (exact) mass is 752 g/mol. The van der Waals surface area contributed by atoms with E-state index in [1.165, 1.54) is 49.1 Å². The fourth-order valence-corrected chi connectivity index (χ4v) is 9.23. The Kier molecular flexibility index (Phi) is 7.54. The first-order valence-electron chi connectivity index (χ1n) is 20.2. The van der Waals surface area contributed by atoms with Crippen molar-refractivity contribution in [3.8, 4) is 27.9 Å². The molecule has 0 saturated heterocycles. The summed E-state index contributed by atoms with van der Waals surface area (Å²) in [5.41, 5.74) is 13.2. The Morgan fingerprint density at radius 2 is 0.949 bits per heavy atom. The highest BCUT2D eigenvalue weighted by Crippen LogP contribution is 2.46. The normalized spacial score (nSPS) is 11.7. The van der Waals surface area contributed by atoms with Crippen LogP contribution < -0.4 is 4.90 Å². The lowest BCUT2D eigenvalue weighted by Gasteiger charge is -2.28. The van der Waals surface area contributed by atoms with Gasteiger partial charge in [0.25, 0.3) is 0 Å². The molecule has 0 bridgehead atoms. The number of fused-ring (bicyclic) bond motifs is 9. The topological polar surface area (TPSA) is 21.3 Å². The highest BCUT2D eigenvalue weighted by molar-refractivity contribution is 6.20. The van der Waals surface area contributed by atoms with Crippen molar-refractivity contribution in [1.82, 2.24) is 4.57 Å². The molecule has 0 saturated carbocycles. The van der Waals surface area contributed by atoms with Gasteiger partial charge < -0.3 is 13.9 Å². The van der Waals surface area contributed by atoms with Crippen molar-refractivity contribution in [1.29, 1.82) is 0 Å². The number of aromatic nitrogens is 1. The van der Waals surface area contributed by atoms with E-state index in [9.17, 15) is 0 Å². The van der Waals surface area contributed by atoms with Crippen LogP contribution in [-0.4, -0.2) is 4.57 Å². The second-order valence-electron chi connectivity index (χ2n) is 15.3. The lowest BCUT2D eigenvalue weighted by Crippen LogP contribution is -2.11. The third kappa shape index (κ3) is 5.36. The van der Waals surface area contributed by atoms with E-state index in [1.54, 1.807) is 0 Å². The summed E-state index contributed by atoms with van der Waals surface area (Å²) < 4.78 is 9.05. The lowest BCUT2D eigenvalue weighted by molar-refractivity contribution is 0.673. The van der Waals surface area contributed by atoms with E-state index in [1.807, 2.05) is 0 Å². The van der Waals surface area contributed by atoms with E-state index in [4.69, 9.17) is 4.42 Å². The molecule has 0 aliphatic rings. The second-order valence-corrected chi connectivity index (χ2v) is 15.3. The van der Waals surface area contributed by atoms with E-state index in [0.29, 0.717) is 0 Å². The molecule has 0 unspecified atom stereocenters. The maximum absolute atomic E-state index is 6.67. The molecule has 3 nitrogen and oxygen atoms in total.